The van der Waals surface area contributed by atoms with Gasteiger partial charge in [-0.15, -0.1) is 11.8 Å². The van der Waals surface area contributed by atoms with Crippen LogP contribution in [0.2, 0.25) is 0 Å². The van der Waals surface area contributed by atoms with Gasteiger partial charge in [0.15, 0.2) is 0 Å². The van der Waals surface area contributed by atoms with Gasteiger partial charge in [-0.2, -0.15) is 0 Å². The molecule has 0 rings (SSSR count). The zero-order valence-electron chi connectivity index (χ0n) is 5.52. The Morgan fingerprint density at radius 3 is 2.12 bits per heavy atom. The molecular weight excluding hydrogens is 120 g/mol. The Labute approximate surface area is 54.8 Å². The van der Waals surface area contributed by atoms with Crippen LogP contribution in [0, 0.1) is 0 Å². The summed E-state index contributed by atoms with van der Waals surface area (Å²) >= 11 is 1.61. The second-order valence-corrected chi connectivity index (χ2v) is 4.35. The highest BCUT2D eigenvalue weighted by Crippen LogP contribution is 2.21. The van der Waals surface area contributed by atoms with Crippen LogP contribution in [0.5, 0.6) is 0 Å². The number of hydrogen-bond acceptors (Lipinski definition) is 2. The van der Waals surface area contributed by atoms with Crippen LogP contribution in [0.1, 0.15) is 20.8 Å². The molecule has 1 radical (unpaired) electrons. The zero-order chi connectivity index (χ0) is 6.62. The fourth-order valence-electron chi connectivity index (χ4n) is 0.246. The van der Waals surface area contributed by atoms with E-state index in [0.717, 1.165) is 0 Å². The van der Waals surface area contributed by atoms with Gasteiger partial charge in [-0.05, 0) is 0 Å². The van der Waals surface area contributed by atoms with Gasteiger partial charge >= 0.3 is 0 Å². The van der Waals surface area contributed by atoms with E-state index in [-0.39, 0.29) is 4.75 Å². The van der Waals surface area contributed by atoms with Crippen molar-refractivity contribution in [1.29, 1.82) is 0 Å². The van der Waals surface area contributed by atoms with Crippen molar-refractivity contribution in [3.63, 3.8) is 0 Å². The third-order valence-electron chi connectivity index (χ3n) is 0.564. The van der Waals surface area contributed by atoms with E-state index in [1.807, 2.05) is 6.29 Å². The van der Waals surface area contributed by atoms with E-state index >= 15 is 0 Å². The first-order chi connectivity index (χ1) is 3.56. The Morgan fingerprint density at radius 1 is 1.50 bits per heavy atom. The van der Waals surface area contributed by atoms with E-state index in [1.54, 1.807) is 11.8 Å². The summed E-state index contributed by atoms with van der Waals surface area (Å²) in [6, 6.07) is 0. The summed E-state index contributed by atoms with van der Waals surface area (Å²) in [5.41, 5.74) is 0. The van der Waals surface area contributed by atoms with E-state index in [9.17, 15) is 4.79 Å². The fraction of sp³-hybridized carbons (Fsp3) is 0.833. The molecular formula is C6H11OS. The first kappa shape index (κ1) is 8.02. The minimum Gasteiger partial charge on any atom is -0.290 e. The SMILES string of the molecule is CC(C)(C)SC[C]=O. The van der Waals surface area contributed by atoms with Crippen LogP contribution in [-0.2, 0) is 4.79 Å². The van der Waals surface area contributed by atoms with Crippen molar-refractivity contribution < 1.29 is 4.79 Å². The van der Waals surface area contributed by atoms with Crippen LogP contribution in [0.4, 0.5) is 0 Å². The van der Waals surface area contributed by atoms with Crippen LogP contribution >= 0.6 is 11.8 Å². The summed E-state index contributed by atoms with van der Waals surface area (Å²) in [7, 11) is 0. The van der Waals surface area contributed by atoms with Gasteiger partial charge in [0.05, 0.1) is 5.75 Å². The van der Waals surface area contributed by atoms with E-state index in [0.29, 0.717) is 5.75 Å². The smallest absolute Gasteiger partial charge is 0.209 e. The van der Waals surface area contributed by atoms with Crippen molar-refractivity contribution >= 4 is 18.0 Å². The van der Waals surface area contributed by atoms with Crippen molar-refractivity contribution in [3.05, 3.63) is 0 Å². The lowest BCUT2D eigenvalue weighted by Crippen LogP contribution is -2.08. The topological polar surface area (TPSA) is 17.1 Å². The largest absolute Gasteiger partial charge is 0.290 e. The monoisotopic (exact) mass is 131 g/mol. The van der Waals surface area contributed by atoms with Crippen LogP contribution in [0.3, 0.4) is 0 Å². The summed E-state index contributed by atoms with van der Waals surface area (Å²) in [6.45, 7) is 6.24. The molecule has 0 saturated carbocycles. The normalized spacial score (nSPS) is 11.4. The molecule has 0 amide bonds. The molecule has 0 aromatic heterocycles. The van der Waals surface area contributed by atoms with Crippen LogP contribution in [0.25, 0.3) is 0 Å². The average molecular weight is 131 g/mol. The van der Waals surface area contributed by atoms with E-state index in [4.69, 9.17) is 0 Å². The molecule has 47 valence electrons. The summed E-state index contributed by atoms with van der Waals surface area (Å²) in [5, 5.41) is 0. The van der Waals surface area contributed by atoms with E-state index < -0.39 is 0 Å². The maximum Gasteiger partial charge on any atom is 0.209 e. The van der Waals surface area contributed by atoms with Gasteiger partial charge in [0.25, 0.3) is 0 Å². The van der Waals surface area contributed by atoms with Crippen LogP contribution in [-0.4, -0.2) is 16.8 Å². The Hall–Kier alpha value is 0.0200. The van der Waals surface area contributed by atoms with E-state index in [1.165, 1.54) is 0 Å². The average Bonchev–Trinajstić information content (AvgIpc) is 1.59. The molecule has 0 saturated heterocycles. The molecule has 0 unspecified atom stereocenters. The zero-order valence-corrected chi connectivity index (χ0v) is 6.34. The van der Waals surface area contributed by atoms with E-state index in [2.05, 4.69) is 20.8 Å². The van der Waals surface area contributed by atoms with Gasteiger partial charge in [0.1, 0.15) is 0 Å². The molecule has 8 heavy (non-hydrogen) atoms. The van der Waals surface area contributed by atoms with Gasteiger partial charge in [0, 0.05) is 4.75 Å². The highest BCUT2D eigenvalue weighted by molar-refractivity contribution is 8.01. The standard InChI is InChI=1S/C6H11OS/c1-6(2,3)8-5-4-7/h5H2,1-3H3. The molecule has 0 atom stereocenters. The minimum atomic E-state index is 0.206. The Balaban J connectivity index is 3.24. The molecule has 0 aliphatic carbocycles. The molecule has 0 aliphatic rings. The molecule has 0 aliphatic heterocycles. The molecule has 0 spiro atoms. The van der Waals surface area contributed by atoms with Crippen LogP contribution < -0.4 is 0 Å². The predicted molar refractivity (Wildman–Crippen MR) is 37.9 cm³/mol. The van der Waals surface area contributed by atoms with Crippen molar-refractivity contribution in [2.24, 2.45) is 0 Å². The summed E-state index contributed by atoms with van der Waals surface area (Å²) in [4.78, 5) is 9.71. The van der Waals surface area contributed by atoms with Gasteiger partial charge in [0.2, 0.25) is 6.29 Å². The van der Waals surface area contributed by atoms with Gasteiger partial charge in [-0.3, -0.25) is 4.79 Å². The maximum absolute atomic E-state index is 9.71. The molecule has 0 N–H and O–H groups in total. The van der Waals surface area contributed by atoms with Gasteiger partial charge < -0.3 is 0 Å². The third-order valence-corrected chi connectivity index (χ3v) is 1.69. The Bertz CT molecular complexity index is 73.1. The highest BCUT2D eigenvalue weighted by atomic mass is 32.2. The predicted octanol–water partition coefficient (Wildman–Crippen LogP) is 1.63. The summed E-state index contributed by atoms with van der Waals surface area (Å²) in [5.74, 6) is 0.490. The number of rotatable bonds is 2. The fourth-order valence-corrected chi connectivity index (χ4v) is 0.738. The Kier molecular flexibility index (Phi) is 3.13. The van der Waals surface area contributed by atoms with Crippen molar-refractivity contribution in [2.75, 3.05) is 5.75 Å². The van der Waals surface area contributed by atoms with Gasteiger partial charge in [-0.25, -0.2) is 0 Å². The second kappa shape index (κ2) is 3.13. The van der Waals surface area contributed by atoms with Crippen LogP contribution in [0.15, 0.2) is 0 Å². The molecule has 0 bridgehead atoms. The molecule has 0 fully saturated rings. The molecule has 0 heterocycles. The first-order valence-electron chi connectivity index (χ1n) is 2.55. The number of carbonyl (C=O) groups excluding carboxylic acids is 1. The molecule has 0 aromatic carbocycles. The third kappa shape index (κ3) is 6.02. The molecule has 1 nitrogen and oxygen atoms in total. The highest BCUT2D eigenvalue weighted by Gasteiger charge is 2.08. The van der Waals surface area contributed by atoms with Crippen molar-refractivity contribution in [3.8, 4) is 0 Å². The first-order valence-corrected chi connectivity index (χ1v) is 3.54. The molecule has 2 heteroatoms. The Morgan fingerprint density at radius 2 is 2.00 bits per heavy atom. The van der Waals surface area contributed by atoms with Gasteiger partial charge in [-0.1, -0.05) is 20.8 Å². The van der Waals surface area contributed by atoms with Crippen molar-refractivity contribution in [1.82, 2.24) is 0 Å². The lowest BCUT2D eigenvalue weighted by molar-refractivity contribution is 0.560. The quantitative estimate of drug-likeness (QED) is 0.566. The summed E-state index contributed by atoms with van der Waals surface area (Å²) in [6.07, 6.45) is 1.84. The molecule has 0 aromatic rings. The number of hydrogen-bond donors (Lipinski definition) is 0. The lowest BCUT2D eigenvalue weighted by atomic mass is 10.3. The lowest BCUT2D eigenvalue weighted by Gasteiger charge is -2.14. The summed E-state index contributed by atoms with van der Waals surface area (Å²) < 4.78 is 0.206. The minimum absolute atomic E-state index is 0.206. The number of thioether (sulfide) groups is 1. The second-order valence-electron chi connectivity index (χ2n) is 2.55. The maximum atomic E-state index is 9.71. The van der Waals surface area contributed by atoms with Crippen molar-refractivity contribution in [2.45, 2.75) is 25.5 Å².